The molecule has 2 aromatic rings. The number of nitrogens with zero attached hydrogens (tertiary/aromatic N) is 3. The molecule has 0 spiro atoms. The molecule has 9 nitrogen and oxygen atoms in total. The molecule has 0 aliphatic carbocycles. The van der Waals surface area contributed by atoms with Crippen LogP contribution >= 0.6 is 0 Å². The maximum absolute atomic E-state index is 11.6. The number of carbonyl (C=O) groups is 1. The average molecular weight is 342 g/mol. The fourth-order valence-corrected chi connectivity index (χ4v) is 1.63. The van der Waals surface area contributed by atoms with Gasteiger partial charge < -0.3 is 9.15 Å². The molecule has 1 amide bonds. The topological polar surface area (TPSA) is 120 Å². The van der Waals surface area contributed by atoms with Crippen molar-refractivity contribution in [2.45, 2.75) is 0 Å². The van der Waals surface area contributed by atoms with E-state index in [0.717, 1.165) is 5.56 Å². The summed E-state index contributed by atoms with van der Waals surface area (Å²) in [6.07, 6.45) is 8.71. The highest BCUT2D eigenvalue weighted by Crippen LogP contribution is 2.16. The molecule has 0 fully saturated rings. The lowest BCUT2D eigenvalue weighted by molar-refractivity contribution is -0.402. The van der Waals surface area contributed by atoms with E-state index in [0.29, 0.717) is 11.6 Å². The van der Waals surface area contributed by atoms with Gasteiger partial charge in [0.05, 0.1) is 13.2 Å². The van der Waals surface area contributed by atoms with Crippen LogP contribution in [0.1, 0.15) is 11.3 Å². The van der Waals surface area contributed by atoms with E-state index in [1.165, 1.54) is 43.7 Å². The van der Waals surface area contributed by atoms with Gasteiger partial charge in [-0.25, -0.2) is 10.4 Å². The third kappa shape index (κ3) is 5.75. The molecule has 0 saturated carbocycles. The van der Waals surface area contributed by atoms with E-state index >= 15 is 0 Å². The number of rotatable bonds is 7. The number of carbonyl (C=O) groups excluding carboxylic acids is 1. The minimum absolute atomic E-state index is 0.302. The van der Waals surface area contributed by atoms with Crippen molar-refractivity contribution in [3.8, 4) is 5.88 Å². The second kappa shape index (κ2) is 8.77. The molecule has 1 N–H and O–H groups in total. The zero-order valence-corrected chi connectivity index (χ0v) is 13.2. The SMILES string of the molecule is COc1ccc(C=CC(=O)NN=CC=Cc2ccc([N+](=O)[O-])o2)cn1. The fraction of sp³-hybridized carbons (Fsp3) is 0.0625. The Bertz CT molecular complexity index is 821. The highest BCUT2D eigenvalue weighted by atomic mass is 16.6. The molecule has 128 valence electrons. The summed E-state index contributed by atoms with van der Waals surface area (Å²) in [4.78, 5) is 25.4. The summed E-state index contributed by atoms with van der Waals surface area (Å²) >= 11 is 0. The Balaban J connectivity index is 1.79. The standard InChI is InChI=1S/C16H14N4O5/c1-24-15-8-5-12(11-17-15)4-7-14(21)19-18-10-2-3-13-6-9-16(25-13)20(22)23/h2-11H,1H3,(H,19,21). The molecule has 25 heavy (non-hydrogen) atoms. The lowest BCUT2D eigenvalue weighted by atomic mass is 10.2. The molecule has 0 saturated heterocycles. The molecule has 0 radical (unpaired) electrons. The van der Waals surface area contributed by atoms with E-state index in [1.807, 2.05) is 0 Å². The van der Waals surface area contributed by atoms with E-state index in [2.05, 4.69) is 15.5 Å². The molecule has 9 heteroatoms. The zero-order chi connectivity index (χ0) is 18.1. The van der Waals surface area contributed by atoms with Gasteiger partial charge in [-0.3, -0.25) is 14.9 Å². The van der Waals surface area contributed by atoms with E-state index in [-0.39, 0.29) is 5.88 Å². The van der Waals surface area contributed by atoms with Crippen molar-refractivity contribution in [3.63, 3.8) is 0 Å². The van der Waals surface area contributed by atoms with E-state index in [4.69, 9.17) is 9.15 Å². The van der Waals surface area contributed by atoms with Crippen LogP contribution in [0.5, 0.6) is 5.88 Å². The Kier molecular flexibility index (Phi) is 6.18. The highest BCUT2D eigenvalue weighted by molar-refractivity contribution is 5.92. The summed E-state index contributed by atoms with van der Waals surface area (Å²) in [5.41, 5.74) is 3.03. The molecule has 0 unspecified atom stereocenters. The van der Waals surface area contributed by atoms with Crippen LogP contribution < -0.4 is 10.2 Å². The number of aromatic nitrogens is 1. The van der Waals surface area contributed by atoms with Gasteiger partial charge in [0.25, 0.3) is 5.91 Å². The molecule has 2 aromatic heterocycles. The Morgan fingerprint density at radius 3 is 2.84 bits per heavy atom. The first-order valence-corrected chi connectivity index (χ1v) is 7.00. The van der Waals surface area contributed by atoms with Crippen LogP contribution in [0, 0.1) is 10.1 Å². The fourth-order valence-electron chi connectivity index (χ4n) is 1.63. The summed E-state index contributed by atoms with van der Waals surface area (Å²) in [5, 5.41) is 14.2. The lowest BCUT2D eigenvalue weighted by Crippen LogP contribution is -2.13. The third-order valence-electron chi connectivity index (χ3n) is 2.78. The maximum Gasteiger partial charge on any atom is 0.433 e. The van der Waals surface area contributed by atoms with Crippen molar-refractivity contribution in [3.05, 3.63) is 64.1 Å². The first kappa shape index (κ1) is 17.6. The van der Waals surface area contributed by atoms with Crippen LogP contribution in [0.25, 0.3) is 12.2 Å². The number of nitrogens with one attached hydrogen (secondary N) is 1. The number of nitro groups is 1. The minimum atomic E-state index is -0.629. The van der Waals surface area contributed by atoms with Gasteiger partial charge in [0.1, 0.15) is 10.7 Å². The van der Waals surface area contributed by atoms with Crippen molar-refractivity contribution in [1.29, 1.82) is 0 Å². The molecule has 0 aliphatic heterocycles. The van der Waals surface area contributed by atoms with Crippen LogP contribution in [0.2, 0.25) is 0 Å². The van der Waals surface area contributed by atoms with Crippen LogP contribution in [-0.4, -0.2) is 29.1 Å². The van der Waals surface area contributed by atoms with Gasteiger partial charge in [-0.15, -0.1) is 0 Å². The normalized spacial score (nSPS) is 11.4. The van der Waals surface area contributed by atoms with Crippen molar-refractivity contribution in [2.24, 2.45) is 5.10 Å². The van der Waals surface area contributed by atoms with Crippen LogP contribution in [0.15, 0.2) is 52.1 Å². The van der Waals surface area contributed by atoms with Crippen molar-refractivity contribution in [2.75, 3.05) is 7.11 Å². The second-order valence-electron chi connectivity index (χ2n) is 4.51. The number of pyridine rings is 1. The number of hydrogen-bond acceptors (Lipinski definition) is 7. The smallest absolute Gasteiger partial charge is 0.433 e. The third-order valence-corrected chi connectivity index (χ3v) is 2.78. The van der Waals surface area contributed by atoms with Gasteiger partial charge in [0.15, 0.2) is 0 Å². The van der Waals surface area contributed by atoms with Crippen molar-refractivity contribution in [1.82, 2.24) is 10.4 Å². The number of hydrazone groups is 1. The quantitative estimate of drug-likeness (QED) is 0.357. The lowest BCUT2D eigenvalue weighted by Gasteiger charge is -1.97. The minimum Gasteiger partial charge on any atom is -0.481 e. The molecular weight excluding hydrogens is 328 g/mol. The number of ether oxygens (including phenoxy) is 1. The number of allylic oxidation sites excluding steroid dienone is 1. The van der Waals surface area contributed by atoms with Crippen LogP contribution in [0.3, 0.4) is 0 Å². The number of furan rings is 1. The molecule has 0 aliphatic rings. The van der Waals surface area contributed by atoms with Gasteiger partial charge in [0.2, 0.25) is 5.88 Å². The molecular formula is C16H14N4O5. The zero-order valence-electron chi connectivity index (χ0n) is 13.2. The van der Waals surface area contributed by atoms with Crippen LogP contribution in [0.4, 0.5) is 5.88 Å². The first-order valence-electron chi connectivity index (χ1n) is 7.00. The molecule has 2 rings (SSSR count). The molecule has 0 atom stereocenters. The summed E-state index contributed by atoms with van der Waals surface area (Å²) < 4.78 is 9.85. The van der Waals surface area contributed by atoms with Gasteiger partial charge in [-0.2, -0.15) is 5.10 Å². The van der Waals surface area contributed by atoms with Gasteiger partial charge in [-0.1, -0.05) is 0 Å². The Hall–Kier alpha value is -3.75. The van der Waals surface area contributed by atoms with E-state index in [9.17, 15) is 14.9 Å². The van der Waals surface area contributed by atoms with Gasteiger partial charge in [0, 0.05) is 24.6 Å². The summed E-state index contributed by atoms with van der Waals surface area (Å²) in [6, 6.07) is 6.13. The summed E-state index contributed by atoms with van der Waals surface area (Å²) in [5.74, 6) is 0.0217. The van der Waals surface area contributed by atoms with E-state index in [1.54, 1.807) is 24.4 Å². The summed E-state index contributed by atoms with van der Waals surface area (Å²) in [6.45, 7) is 0. The number of hydrogen-bond donors (Lipinski definition) is 1. The van der Waals surface area contributed by atoms with Gasteiger partial charge >= 0.3 is 5.88 Å². The van der Waals surface area contributed by atoms with Gasteiger partial charge in [-0.05, 0) is 35.9 Å². The second-order valence-corrected chi connectivity index (χ2v) is 4.51. The van der Waals surface area contributed by atoms with E-state index < -0.39 is 10.8 Å². The molecule has 0 aromatic carbocycles. The van der Waals surface area contributed by atoms with Crippen molar-refractivity contribution < 1.29 is 18.9 Å². The Morgan fingerprint density at radius 1 is 1.36 bits per heavy atom. The van der Waals surface area contributed by atoms with Crippen molar-refractivity contribution >= 4 is 30.2 Å². The molecule has 0 bridgehead atoms. The maximum atomic E-state index is 11.6. The molecule has 2 heterocycles. The summed E-state index contributed by atoms with van der Waals surface area (Å²) in [7, 11) is 1.52. The highest BCUT2D eigenvalue weighted by Gasteiger charge is 2.09. The Morgan fingerprint density at radius 2 is 2.20 bits per heavy atom. The predicted octanol–water partition coefficient (Wildman–Crippen LogP) is 2.42. The Labute approximate surface area is 142 Å². The number of amides is 1. The monoisotopic (exact) mass is 342 g/mol. The average Bonchev–Trinajstić information content (AvgIpc) is 3.09. The number of methoxy groups -OCH3 is 1. The first-order chi connectivity index (χ1) is 12.1. The predicted molar refractivity (Wildman–Crippen MR) is 90.9 cm³/mol. The van der Waals surface area contributed by atoms with Crippen LogP contribution in [-0.2, 0) is 4.79 Å². The largest absolute Gasteiger partial charge is 0.481 e.